The summed E-state index contributed by atoms with van der Waals surface area (Å²) >= 11 is 5.86. The number of piperidine rings is 1. The number of rotatable bonds is 2. The minimum atomic E-state index is 0.563. The molecule has 16 heavy (non-hydrogen) atoms. The van der Waals surface area contributed by atoms with Crippen LogP contribution in [-0.4, -0.2) is 17.6 Å². The van der Waals surface area contributed by atoms with Gasteiger partial charge in [-0.15, -0.1) is 11.6 Å². The minimum Gasteiger partial charge on any atom is -0.354 e. The van der Waals surface area contributed by atoms with Crippen molar-refractivity contribution in [1.82, 2.24) is 4.98 Å². The van der Waals surface area contributed by atoms with E-state index in [1.165, 1.54) is 12.8 Å². The van der Waals surface area contributed by atoms with E-state index in [2.05, 4.69) is 29.8 Å². The van der Waals surface area contributed by atoms with Crippen molar-refractivity contribution in [2.75, 3.05) is 11.4 Å². The molecule has 0 aromatic carbocycles. The first-order valence-electron chi connectivity index (χ1n) is 6.00. The van der Waals surface area contributed by atoms with Crippen molar-refractivity contribution in [2.45, 2.75) is 38.6 Å². The van der Waals surface area contributed by atoms with E-state index in [-0.39, 0.29) is 0 Å². The lowest BCUT2D eigenvalue weighted by Gasteiger charge is -2.38. The second kappa shape index (κ2) is 5.05. The summed E-state index contributed by atoms with van der Waals surface area (Å²) in [7, 11) is 0. The smallest absolute Gasteiger partial charge is 0.129 e. The number of alkyl halides is 1. The summed E-state index contributed by atoms with van der Waals surface area (Å²) in [5.41, 5.74) is 1.15. The van der Waals surface area contributed by atoms with E-state index in [1.54, 1.807) is 0 Å². The normalized spacial score (nSPS) is 25.8. The number of pyridine rings is 1. The molecule has 0 N–H and O–H groups in total. The number of nitrogens with zero attached hydrogens (tertiary/aromatic N) is 2. The molecular formula is C13H19ClN2. The zero-order valence-corrected chi connectivity index (χ0v) is 10.7. The first-order chi connectivity index (χ1) is 7.72. The van der Waals surface area contributed by atoms with Crippen molar-refractivity contribution < 1.29 is 0 Å². The van der Waals surface area contributed by atoms with Crippen LogP contribution in [0, 0.1) is 5.92 Å². The highest BCUT2D eigenvalue weighted by molar-refractivity contribution is 6.17. The van der Waals surface area contributed by atoms with Gasteiger partial charge in [0, 0.05) is 24.7 Å². The maximum absolute atomic E-state index is 5.86. The highest BCUT2D eigenvalue weighted by Gasteiger charge is 2.25. The molecule has 0 aliphatic carbocycles. The first kappa shape index (κ1) is 11.7. The van der Waals surface area contributed by atoms with E-state index in [9.17, 15) is 0 Å². The van der Waals surface area contributed by atoms with Gasteiger partial charge in [0.25, 0.3) is 0 Å². The lowest BCUT2D eigenvalue weighted by Crippen LogP contribution is -2.42. The Morgan fingerprint density at radius 1 is 1.50 bits per heavy atom. The molecule has 0 amide bonds. The molecule has 2 heterocycles. The van der Waals surface area contributed by atoms with Gasteiger partial charge in [-0.05, 0) is 43.4 Å². The number of aromatic nitrogens is 1. The van der Waals surface area contributed by atoms with Crippen molar-refractivity contribution in [2.24, 2.45) is 5.92 Å². The molecule has 0 saturated carbocycles. The molecule has 2 nitrogen and oxygen atoms in total. The highest BCUT2D eigenvalue weighted by atomic mass is 35.5. The molecule has 1 saturated heterocycles. The number of hydrogen-bond acceptors (Lipinski definition) is 2. The van der Waals surface area contributed by atoms with Gasteiger partial charge in [-0.25, -0.2) is 4.98 Å². The number of anilines is 1. The summed E-state index contributed by atoms with van der Waals surface area (Å²) < 4.78 is 0. The Bertz CT molecular complexity index is 354. The van der Waals surface area contributed by atoms with Crippen LogP contribution < -0.4 is 4.90 Å². The van der Waals surface area contributed by atoms with Gasteiger partial charge in [0.05, 0.1) is 0 Å². The Balaban J connectivity index is 2.21. The lowest BCUT2D eigenvalue weighted by molar-refractivity contribution is 0.361. The van der Waals surface area contributed by atoms with E-state index in [1.807, 2.05) is 12.3 Å². The SMILES string of the molecule is CC1CCCN(c2cc(CCl)ccn2)C1C. The molecule has 1 aliphatic rings. The minimum absolute atomic E-state index is 0.563. The summed E-state index contributed by atoms with van der Waals surface area (Å²) in [5, 5.41) is 0. The Kier molecular flexibility index (Phi) is 3.70. The van der Waals surface area contributed by atoms with Crippen LogP contribution in [-0.2, 0) is 5.88 Å². The van der Waals surface area contributed by atoms with E-state index < -0.39 is 0 Å². The average Bonchev–Trinajstić information content (AvgIpc) is 2.33. The summed E-state index contributed by atoms with van der Waals surface area (Å²) in [4.78, 5) is 6.87. The zero-order valence-electron chi connectivity index (χ0n) is 9.99. The fraction of sp³-hybridized carbons (Fsp3) is 0.615. The number of halogens is 1. The monoisotopic (exact) mass is 238 g/mol. The van der Waals surface area contributed by atoms with Gasteiger partial charge < -0.3 is 4.90 Å². The third-order valence-corrected chi connectivity index (χ3v) is 3.94. The molecule has 1 aromatic rings. The molecule has 3 heteroatoms. The molecule has 1 aromatic heterocycles. The van der Waals surface area contributed by atoms with Gasteiger partial charge >= 0.3 is 0 Å². The quantitative estimate of drug-likeness (QED) is 0.734. The molecule has 88 valence electrons. The van der Waals surface area contributed by atoms with Gasteiger partial charge in [-0.2, -0.15) is 0 Å². The Labute approximate surface area is 103 Å². The molecule has 0 bridgehead atoms. The molecule has 0 radical (unpaired) electrons. The van der Waals surface area contributed by atoms with Crippen molar-refractivity contribution in [1.29, 1.82) is 0 Å². The maximum atomic E-state index is 5.86. The fourth-order valence-corrected chi connectivity index (χ4v) is 2.53. The molecule has 2 unspecified atom stereocenters. The molecule has 0 spiro atoms. The largest absolute Gasteiger partial charge is 0.354 e. The standard InChI is InChI=1S/C13H19ClN2/c1-10-4-3-7-16(11(10)2)13-8-12(9-14)5-6-15-13/h5-6,8,10-11H,3-4,7,9H2,1-2H3. The van der Waals surface area contributed by atoms with Gasteiger partial charge in [-0.3, -0.25) is 0 Å². The van der Waals surface area contributed by atoms with Crippen molar-refractivity contribution in [3.05, 3.63) is 23.9 Å². The first-order valence-corrected chi connectivity index (χ1v) is 6.53. The average molecular weight is 239 g/mol. The van der Waals surface area contributed by atoms with E-state index in [0.717, 1.165) is 23.8 Å². The second-order valence-corrected chi connectivity index (χ2v) is 4.98. The lowest BCUT2D eigenvalue weighted by atomic mass is 9.92. The van der Waals surface area contributed by atoms with E-state index in [0.29, 0.717) is 11.9 Å². The van der Waals surface area contributed by atoms with Crippen molar-refractivity contribution in [3.8, 4) is 0 Å². The van der Waals surface area contributed by atoms with Crippen LogP contribution in [0.4, 0.5) is 5.82 Å². The van der Waals surface area contributed by atoms with Crippen LogP contribution >= 0.6 is 11.6 Å². The van der Waals surface area contributed by atoms with Crippen molar-refractivity contribution in [3.63, 3.8) is 0 Å². The van der Waals surface area contributed by atoms with Crippen molar-refractivity contribution >= 4 is 17.4 Å². The molecule has 2 atom stereocenters. The predicted molar refractivity (Wildman–Crippen MR) is 69.0 cm³/mol. The second-order valence-electron chi connectivity index (χ2n) is 4.71. The zero-order chi connectivity index (χ0) is 11.5. The summed E-state index contributed by atoms with van der Waals surface area (Å²) in [6.45, 7) is 5.73. The van der Waals surface area contributed by atoms with Crippen LogP contribution in [0.1, 0.15) is 32.3 Å². The van der Waals surface area contributed by atoms with Crippen LogP contribution in [0.25, 0.3) is 0 Å². The maximum Gasteiger partial charge on any atom is 0.129 e. The topological polar surface area (TPSA) is 16.1 Å². The van der Waals surface area contributed by atoms with E-state index in [4.69, 9.17) is 11.6 Å². The van der Waals surface area contributed by atoms with Crippen LogP contribution in [0.15, 0.2) is 18.3 Å². The van der Waals surface area contributed by atoms with Gasteiger partial charge in [0.2, 0.25) is 0 Å². The van der Waals surface area contributed by atoms with Crippen LogP contribution in [0.5, 0.6) is 0 Å². The Hall–Kier alpha value is -0.760. The highest BCUT2D eigenvalue weighted by Crippen LogP contribution is 2.27. The fourth-order valence-electron chi connectivity index (χ4n) is 2.36. The third kappa shape index (κ3) is 2.32. The third-order valence-electron chi connectivity index (χ3n) is 3.63. The molecule has 2 rings (SSSR count). The Morgan fingerprint density at radius 2 is 2.31 bits per heavy atom. The van der Waals surface area contributed by atoms with E-state index >= 15 is 0 Å². The van der Waals surface area contributed by atoms with Crippen LogP contribution in [0.3, 0.4) is 0 Å². The summed E-state index contributed by atoms with van der Waals surface area (Å²) in [6, 6.07) is 4.67. The summed E-state index contributed by atoms with van der Waals surface area (Å²) in [5.74, 6) is 2.39. The summed E-state index contributed by atoms with van der Waals surface area (Å²) in [6.07, 6.45) is 4.45. The number of hydrogen-bond donors (Lipinski definition) is 0. The molecule has 1 aliphatic heterocycles. The molecular weight excluding hydrogens is 220 g/mol. The molecule has 1 fully saturated rings. The van der Waals surface area contributed by atoms with Gasteiger partial charge in [0.1, 0.15) is 5.82 Å². The Morgan fingerprint density at radius 3 is 3.06 bits per heavy atom. The van der Waals surface area contributed by atoms with Gasteiger partial charge in [0.15, 0.2) is 0 Å². The predicted octanol–water partition coefficient (Wildman–Crippen LogP) is 3.45. The van der Waals surface area contributed by atoms with Crippen LogP contribution in [0.2, 0.25) is 0 Å². The van der Waals surface area contributed by atoms with Gasteiger partial charge in [-0.1, -0.05) is 6.92 Å².